The largest absolute Gasteiger partial charge is 0.453 e. The molecular weight excluding hydrogens is 308 g/mol. The van der Waals surface area contributed by atoms with Gasteiger partial charge in [0.25, 0.3) is 5.56 Å². The number of fused-ring (bicyclic) bond motifs is 1. The fraction of sp³-hybridized carbons (Fsp3) is 0.444. The number of nitrogens with zero attached hydrogens (tertiary/aromatic N) is 2. The van der Waals surface area contributed by atoms with Gasteiger partial charge < -0.3 is 4.74 Å². The topological polar surface area (TPSA) is 78.3 Å². The summed E-state index contributed by atoms with van der Waals surface area (Å²) >= 11 is 0. The number of rotatable bonds is 5. The Bertz CT molecular complexity index is 831. The highest BCUT2D eigenvalue weighted by Crippen LogP contribution is 2.17. The molecule has 0 spiro atoms. The van der Waals surface area contributed by atoms with Crippen molar-refractivity contribution < 1.29 is 14.3 Å². The summed E-state index contributed by atoms with van der Waals surface area (Å²) in [6.45, 7) is 7.30. The van der Waals surface area contributed by atoms with Crippen molar-refractivity contribution in [1.82, 2.24) is 9.78 Å². The molecule has 0 atom stereocenters. The van der Waals surface area contributed by atoms with Crippen LogP contribution in [0.1, 0.15) is 44.6 Å². The highest BCUT2D eigenvalue weighted by atomic mass is 16.5. The molecule has 0 N–H and O–H groups in total. The molecule has 24 heavy (non-hydrogen) atoms. The summed E-state index contributed by atoms with van der Waals surface area (Å²) in [6.07, 6.45) is 0.711. The van der Waals surface area contributed by atoms with Crippen LogP contribution in [0.2, 0.25) is 0 Å². The molecule has 6 nitrogen and oxygen atoms in total. The van der Waals surface area contributed by atoms with Gasteiger partial charge in [0.1, 0.15) is 0 Å². The first-order valence-electron chi connectivity index (χ1n) is 7.96. The average Bonchev–Trinajstić information content (AvgIpc) is 2.54. The van der Waals surface area contributed by atoms with Crippen LogP contribution >= 0.6 is 0 Å². The van der Waals surface area contributed by atoms with Crippen molar-refractivity contribution >= 4 is 22.5 Å². The summed E-state index contributed by atoms with van der Waals surface area (Å²) in [6, 6.07) is 6.77. The zero-order valence-electron chi connectivity index (χ0n) is 14.5. The fourth-order valence-electron chi connectivity index (χ4n) is 2.17. The molecule has 0 aliphatic rings. The molecule has 0 radical (unpaired) electrons. The Balaban J connectivity index is 2.40. The van der Waals surface area contributed by atoms with Crippen LogP contribution in [-0.2, 0) is 16.1 Å². The molecule has 0 aliphatic heterocycles. The number of esters is 1. The van der Waals surface area contributed by atoms with Gasteiger partial charge in [-0.05, 0) is 12.5 Å². The maximum Gasteiger partial charge on any atom is 0.359 e. The Morgan fingerprint density at radius 2 is 1.79 bits per heavy atom. The number of benzene rings is 1. The summed E-state index contributed by atoms with van der Waals surface area (Å²) < 4.78 is 6.40. The van der Waals surface area contributed by atoms with Crippen molar-refractivity contribution in [3.8, 4) is 0 Å². The molecular formula is C18H22N2O4. The van der Waals surface area contributed by atoms with Gasteiger partial charge in [0.2, 0.25) is 0 Å². The SMILES string of the molecule is CCCn1nc(C(=O)OCC(=O)C(C)(C)C)c2ccccc2c1=O. The van der Waals surface area contributed by atoms with E-state index >= 15 is 0 Å². The smallest absolute Gasteiger partial charge is 0.359 e. The number of ether oxygens (including phenoxy) is 1. The fourth-order valence-corrected chi connectivity index (χ4v) is 2.17. The number of hydrogen-bond acceptors (Lipinski definition) is 5. The lowest BCUT2D eigenvalue weighted by Crippen LogP contribution is -2.29. The lowest BCUT2D eigenvalue weighted by Gasteiger charge is -2.16. The van der Waals surface area contributed by atoms with E-state index in [4.69, 9.17) is 4.74 Å². The molecule has 0 bridgehead atoms. The van der Waals surface area contributed by atoms with Crippen molar-refractivity contribution in [2.45, 2.75) is 40.7 Å². The third-order valence-electron chi connectivity index (χ3n) is 3.67. The molecule has 1 heterocycles. The number of Topliss-reactive ketones (excluding diaryl/α,β-unsaturated/α-hetero) is 1. The van der Waals surface area contributed by atoms with Crippen molar-refractivity contribution in [3.63, 3.8) is 0 Å². The van der Waals surface area contributed by atoms with Crippen LogP contribution in [0, 0.1) is 5.41 Å². The predicted molar refractivity (Wildman–Crippen MR) is 91.0 cm³/mol. The Labute approximate surface area is 140 Å². The van der Waals surface area contributed by atoms with Gasteiger partial charge in [0, 0.05) is 17.3 Å². The normalized spacial score (nSPS) is 11.5. The van der Waals surface area contributed by atoms with Gasteiger partial charge in [0.05, 0.1) is 5.39 Å². The molecule has 1 aromatic heterocycles. The van der Waals surface area contributed by atoms with Gasteiger partial charge in [-0.15, -0.1) is 0 Å². The highest BCUT2D eigenvalue weighted by molar-refractivity contribution is 6.02. The van der Waals surface area contributed by atoms with Crippen molar-refractivity contribution in [3.05, 3.63) is 40.3 Å². The first-order valence-corrected chi connectivity index (χ1v) is 7.96. The third-order valence-corrected chi connectivity index (χ3v) is 3.67. The van der Waals surface area contributed by atoms with Gasteiger partial charge in [-0.2, -0.15) is 5.10 Å². The Morgan fingerprint density at radius 1 is 1.17 bits per heavy atom. The van der Waals surface area contributed by atoms with Crippen LogP contribution in [0.3, 0.4) is 0 Å². The summed E-state index contributed by atoms with van der Waals surface area (Å²) in [4.78, 5) is 36.7. The standard InChI is InChI=1S/C18H22N2O4/c1-5-10-20-16(22)13-9-7-6-8-12(13)15(19-20)17(23)24-11-14(21)18(2,3)4/h6-9H,5,10-11H2,1-4H3. The number of carbonyl (C=O) groups is 2. The first-order chi connectivity index (χ1) is 11.3. The summed E-state index contributed by atoms with van der Waals surface area (Å²) in [5.74, 6) is -0.879. The molecule has 0 amide bonds. The van der Waals surface area contributed by atoms with Gasteiger partial charge >= 0.3 is 5.97 Å². The van der Waals surface area contributed by atoms with Crippen LogP contribution in [0.4, 0.5) is 0 Å². The van der Waals surface area contributed by atoms with E-state index in [9.17, 15) is 14.4 Å². The predicted octanol–water partition coefficient (Wildman–Crippen LogP) is 2.58. The number of ketones is 1. The second-order valence-corrected chi connectivity index (χ2v) is 6.67. The van der Waals surface area contributed by atoms with E-state index in [-0.39, 0.29) is 23.6 Å². The molecule has 0 aliphatic carbocycles. The van der Waals surface area contributed by atoms with Crippen LogP contribution in [-0.4, -0.2) is 28.1 Å². The van der Waals surface area contributed by atoms with Gasteiger partial charge in [-0.3, -0.25) is 9.59 Å². The van der Waals surface area contributed by atoms with Gasteiger partial charge in [0.15, 0.2) is 18.1 Å². The molecule has 1 aromatic carbocycles. The van der Waals surface area contributed by atoms with Gasteiger partial charge in [-0.1, -0.05) is 45.9 Å². The first kappa shape index (κ1) is 17.8. The second-order valence-electron chi connectivity index (χ2n) is 6.67. The molecule has 0 saturated carbocycles. The lowest BCUT2D eigenvalue weighted by atomic mass is 9.91. The number of carbonyl (C=O) groups excluding carboxylic acids is 2. The van der Waals surface area contributed by atoms with Crippen LogP contribution in [0.25, 0.3) is 10.8 Å². The Morgan fingerprint density at radius 3 is 2.38 bits per heavy atom. The lowest BCUT2D eigenvalue weighted by molar-refractivity contribution is -0.129. The van der Waals surface area contributed by atoms with Gasteiger partial charge in [-0.25, -0.2) is 9.48 Å². The molecule has 2 rings (SSSR count). The van der Waals surface area contributed by atoms with Crippen LogP contribution < -0.4 is 5.56 Å². The molecule has 128 valence electrons. The van der Waals surface area contributed by atoms with E-state index < -0.39 is 11.4 Å². The van der Waals surface area contributed by atoms with E-state index in [1.165, 1.54) is 4.68 Å². The van der Waals surface area contributed by atoms with Crippen LogP contribution in [0.15, 0.2) is 29.1 Å². The van der Waals surface area contributed by atoms with E-state index in [1.54, 1.807) is 45.0 Å². The zero-order valence-corrected chi connectivity index (χ0v) is 14.5. The van der Waals surface area contributed by atoms with Crippen molar-refractivity contribution in [1.29, 1.82) is 0 Å². The second kappa shape index (κ2) is 6.95. The summed E-state index contributed by atoms with van der Waals surface area (Å²) in [5.41, 5.74) is -0.772. The van der Waals surface area contributed by atoms with Crippen LogP contribution in [0.5, 0.6) is 0 Å². The monoisotopic (exact) mass is 330 g/mol. The Kier molecular flexibility index (Phi) is 5.17. The van der Waals surface area contributed by atoms with E-state index in [1.807, 2.05) is 6.92 Å². The minimum absolute atomic E-state index is 0.0559. The molecule has 6 heteroatoms. The molecule has 0 fully saturated rings. The third kappa shape index (κ3) is 3.69. The molecule has 0 unspecified atom stereocenters. The van der Waals surface area contributed by atoms with Crippen molar-refractivity contribution in [2.75, 3.05) is 6.61 Å². The summed E-state index contributed by atoms with van der Waals surface area (Å²) in [7, 11) is 0. The maximum atomic E-state index is 12.4. The van der Waals surface area contributed by atoms with E-state index in [0.717, 1.165) is 0 Å². The average molecular weight is 330 g/mol. The Hall–Kier alpha value is -2.50. The van der Waals surface area contributed by atoms with E-state index in [2.05, 4.69) is 5.10 Å². The number of aryl methyl sites for hydroxylation is 1. The maximum absolute atomic E-state index is 12.4. The minimum atomic E-state index is -0.700. The molecule has 0 saturated heterocycles. The zero-order chi connectivity index (χ0) is 17.9. The van der Waals surface area contributed by atoms with E-state index in [0.29, 0.717) is 23.7 Å². The number of aromatic nitrogens is 2. The quantitative estimate of drug-likeness (QED) is 0.787. The highest BCUT2D eigenvalue weighted by Gasteiger charge is 2.24. The molecule has 2 aromatic rings. The number of hydrogen-bond donors (Lipinski definition) is 0. The summed E-state index contributed by atoms with van der Waals surface area (Å²) in [5, 5.41) is 4.99. The minimum Gasteiger partial charge on any atom is -0.453 e. The van der Waals surface area contributed by atoms with Crippen molar-refractivity contribution in [2.24, 2.45) is 5.41 Å².